The molecule has 1 atom stereocenters. The molecule has 1 aliphatic heterocycles. The molecule has 0 saturated carbocycles. The molecular weight excluding hydrogens is 256 g/mol. The van der Waals surface area contributed by atoms with Crippen molar-refractivity contribution in [2.45, 2.75) is 39.3 Å². The van der Waals surface area contributed by atoms with E-state index >= 15 is 0 Å². The monoisotopic (exact) mass is 270 g/mol. The van der Waals surface area contributed by atoms with Crippen molar-refractivity contribution in [2.24, 2.45) is 0 Å². The van der Waals surface area contributed by atoms with Gasteiger partial charge in [0.1, 0.15) is 10.8 Å². The predicted octanol–water partition coefficient (Wildman–Crippen LogP) is 2.15. The minimum atomic E-state index is -1.08. The van der Waals surface area contributed by atoms with E-state index in [1.54, 1.807) is 13.0 Å². The molecule has 0 fully saturated rings. The third-order valence-electron chi connectivity index (χ3n) is 2.87. The fraction of sp³-hybridized carbons (Fsp3) is 0.500. The molecule has 0 bridgehead atoms. The Morgan fingerprint density at radius 2 is 2.11 bits per heavy atom. The molecule has 18 heavy (non-hydrogen) atoms. The Labute approximate surface area is 110 Å². The molecule has 98 valence electrons. The number of nitrogens with zero attached hydrogens (tertiary/aromatic N) is 2. The van der Waals surface area contributed by atoms with Gasteiger partial charge in [0.05, 0.1) is 0 Å². The van der Waals surface area contributed by atoms with Crippen LogP contribution in [0.1, 0.15) is 33.5 Å². The average Bonchev–Trinajstić information content (AvgIpc) is 2.81. The highest BCUT2D eigenvalue weighted by atomic mass is 35.5. The molecule has 0 aliphatic carbocycles. The Bertz CT molecular complexity index is 528. The molecule has 0 saturated heterocycles. The van der Waals surface area contributed by atoms with E-state index < -0.39 is 12.1 Å². The molecule has 0 unspecified atom stereocenters. The van der Waals surface area contributed by atoms with Gasteiger partial charge in [-0.1, -0.05) is 37.5 Å². The number of aliphatic hydroxyl groups is 1. The first-order valence-electron chi connectivity index (χ1n) is 5.58. The Morgan fingerprint density at radius 1 is 1.50 bits per heavy atom. The van der Waals surface area contributed by atoms with Crippen LogP contribution in [0.4, 0.5) is 5.82 Å². The van der Waals surface area contributed by atoms with Crippen molar-refractivity contribution in [3.8, 4) is 0 Å². The van der Waals surface area contributed by atoms with Crippen LogP contribution in [0.15, 0.2) is 21.2 Å². The van der Waals surface area contributed by atoms with Crippen molar-refractivity contribution < 1.29 is 14.4 Å². The van der Waals surface area contributed by atoms with E-state index in [4.69, 9.17) is 16.1 Å². The summed E-state index contributed by atoms with van der Waals surface area (Å²) in [5.74, 6) is 0.445. The lowest BCUT2D eigenvalue weighted by Gasteiger charge is -2.18. The number of aromatic nitrogens is 1. The van der Waals surface area contributed by atoms with E-state index in [2.05, 4.69) is 5.16 Å². The lowest BCUT2D eigenvalue weighted by molar-refractivity contribution is -0.115. The van der Waals surface area contributed by atoms with Gasteiger partial charge in [0.15, 0.2) is 12.0 Å². The average molecular weight is 271 g/mol. The Balaban J connectivity index is 2.35. The number of carbonyl (C=O) groups excluding carboxylic acids is 1. The van der Waals surface area contributed by atoms with Gasteiger partial charge in [-0.05, 0) is 6.92 Å². The van der Waals surface area contributed by atoms with Gasteiger partial charge in [-0.15, -0.1) is 0 Å². The zero-order valence-corrected chi connectivity index (χ0v) is 11.4. The van der Waals surface area contributed by atoms with Crippen molar-refractivity contribution in [3.05, 3.63) is 22.4 Å². The number of amides is 1. The Hall–Kier alpha value is -1.33. The molecule has 1 aromatic heterocycles. The third kappa shape index (κ3) is 1.93. The molecule has 1 aliphatic rings. The standard InChI is InChI=1S/C12H15ClN2O3/c1-6-9(13)11(17)15(10(6)16)8-5-7(18-14-8)12(2,3)4/h5,10,16H,1-4H3/t10-/m0/s1. The fourth-order valence-electron chi connectivity index (χ4n) is 1.65. The van der Waals surface area contributed by atoms with Crippen LogP contribution < -0.4 is 4.90 Å². The Morgan fingerprint density at radius 3 is 2.50 bits per heavy atom. The van der Waals surface area contributed by atoms with Crippen LogP contribution in [0.5, 0.6) is 0 Å². The lowest BCUT2D eigenvalue weighted by Crippen LogP contribution is -2.35. The maximum absolute atomic E-state index is 11.9. The second-order valence-electron chi connectivity index (χ2n) is 5.35. The molecule has 2 rings (SSSR count). The van der Waals surface area contributed by atoms with Crippen molar-refractivity contribution >= 4 is 23.3 Å². The zero-order valence-electron chi connectivity index (χ0n) is 10.7. The summed E-state index contributed by atoms with van der Waals surface area (Å²) in [6, 6.07) is 1.64. The van der Waals surface area contributed by atoms with Crippen molar-refractivity contribution in [3.63, 3.8) is 0 Å². The molecule has 5 nitrogen and oxygen atoms in total. The van der Waals surface area contributed by atoms with E-state index in [1.165, 1.54) is 0 Å². The van der Waals surface area contributed by atoms with E-state index in [1.807, 2.05) is 20.8 Å². The third-order valence-corrected chi connectivity index (χ3v) is 3.33. The maximum Gasteiger partial charge on any atom is 0.273 e. The second kappa shape index (κ2) is 4.10. The van der Waals surface area contributed by atoms with Crippen molar-refractivity contribution in [1.82, 2.24) is 5.16 Å². The van der Waals surface area contributed by atoms with Crippen LogP contribution in [-0.4, -0.2) is 22.4 Å². The number of halogens is 1. The fourth-order valence-corrected chi connectivity index (χ4v) is 1.84. The van der Waals surface area contributed by atoms with E-state index in [9.17, 15) is 9.90 Å². The first kappa shape index (κ1) is 13.1. The predicted molar refractivity (Wildman–Crippen MR) is 67.2 cm³/mol. The second-order valence-corrected chi connectivity index (χ2v) is 5.72. The molecule has 1 amide bonds. The van der Waals surface area contributed by atoms with Crippen LogP contribution in [0, 0.1) is 0 Å². The SMILES string of the molecule is CC1=C(Cl)C(=O)N(c2cc(C(C)(C)C)on2)[C@H]1O. The first-order valence-corrected chi connectivity index (χ1v) is 5.96. The van der Waals surface area contributed by atoms with Gasteiger partial charge in [0.2, 0.25) is 0 Å². The number of aliphatic hydroxyl groups excluding tert-OH is 1. The molecule has 2 heterocycles. The van der Waals surface area contributed by atoms with Crippen molar-refractivity contribution in [1.29, 1.82) is 0 Å². The van der Waals surface area contributed by atoms with Gasteiger partial charge in [-0.3, -0.25) is 9.69 Å². The van der Waals surface area contributed by atoms with Gasteiger partial charge in [-0.2, -0.15) is 0 Å². The summed E-state index contributed by atoms with van der Waals surface area (Å²) in [5.41, 5.74) is 0.201. The summed E-state index contributed by atoms with van der Waals surface area (Å²) in [7, 11) is 0. The minimum absolute atomic E-state index is 0.0304. The number of hydrogen-bond donors (Lipinski definition) is 1. The van der Waals surface area contributed by atoms with E-state index in [0.29, 0.717) is 11.3 Å². The molecule has 1 N–H and O–H groups in total. The molecule has 0 spiro atoms. The summed E-state index contributed by atoms with van der Waals surface area (Å²) in [6.07, 6.45) is -1.08. The van der Waals surface area contributed by atoms with Crippen LogP contribution in [0.25, 0.3) is 0 Å². The highest BCUT2D eigenvalue weighted by molar-refractivity contribution is 6.45. The largest absolute Gasteiger partial charge is 0.369 e. The van der Waals surface area contributed by atoms with Crippen LogP contribution in [0.3, 0.4) is 0 Å². The summed E-state index contributed by atoms with van der Waals surface area (Å²) in [6.45, 7) is 7.51. The number of carbonyl (C=O) groups is 1. The molecular formula is C12H15ClN2O3. The number of rotatable bonds is 1. The number of anilines is 1. The molecule has 1 aromatic rings. The van der Waals surface area contributed by atoms with Crippen molar-refractivity contribution in [2.75, 3.05) is 4.90 Å². The highest BCUT2D eigenvalue weighted by Crippen LogP contribution is 2.33. The van der Waals surface area contributed by atoms with E-state index in [0.717, 1.165) is 4.90 Å². The molecule has 0 aromatic carbocycles. The van der Waals surface area contributed by atoms with Gasteiger partial charge >= 0.3 is 0 Å². The summed E-state index contributed by atoms with van der Waals surface area (Å²) < 4.78 is 5.19. The smallest absolute Gasteiger partial charge is 0.273 e. The highest BCUT2D eigenvalue weighted by Gasteiger charge is 2.38. The van der Waals surface area contributed by atoms with Crippen LogP contribution >= 0.6 is 11.6 Å². The number of hydrogen-bond acceptors (Lipinski definition) is 4. The van der Waals surface area contributed by atoms with Crippen LogP contribution in [-0.2, 0) is 10.2 Å². The summed E-state index contributed by atoms with van der Waals surface area (Å²) in [4.78, 5) is 13.0. The van der Waals surface area contributed by atoms with Gasteiger partial charge in [0, 0.05) is 17.1 Å². The topological polar surface area (TPSA) is 66.6 Å². The van der Waals surface area contributed by atoms with E-state index in [-0.39, 0.29) is 16.3 Å². The van der Waals surface area contributed by atoms with Gasteiger partial charge < -0.3 is 9.63 Å². The van der Waals surface area contributed by atoms with Gasteiger partial charge in [0.25, 0.3) is 5.91 Å². The molecule has 0 radical (unpaired) electrons. The van der Waals surface area contributed by atoms with Crippen LogP contribution in [0.2, 0.25) is 0 Å². The maximum atomic E-state index is 11.9. The zero-order chi connectivity index (χ0) is 13.7. The first-order chi connectivity index (χ1) is 8.23. The summed E-state index contributed by atoms with van der Waals surface area (Å²) >= 11 is 5.82. The lowest BCUT2D eigenvalue weighted by atomic mass is 9.93. The molecule has 6 heteroatoms. The Kier molecular flexibility index (Phi) is 2.99. The quantitative estimate of drug-likeness (QED) is 0.849. The summed E-state index contributed by atoms with van der Waals surface area (Å²) in [5, 5.41) is 13.8. The normalized spacial score (nSPS) is 21.1. The minimum Gasteiger partial charge on any atom is -0.369 e. The van der Waals surface area contributed by atoms with Gasteiger partial charge in [-0.25, -0.2) is 0 Å².